The van der Waals surface area contributed by atoms with Crippen molar-refractivity contribution >= 4 is 38.4 Å². The van der Waals surface area contributed by atoms with Crippen molar-refractivity contribution in [2.24, 2.45) is 0 Å². The van der Waals surface area contributed by atoms with Crippen molar-refractivity contribution in [2.45, 2.75) is 27.3 Å². The maximum absolute atomic E-state index is 13.4. The van der Waals surface area contributed by atoms with Gasteiger partial charge in [0.05, 0.1) is 23.0 Å². The molecule has 29 heavy (non-hydrogen) atoms. The van der Waals surface area contributed by atoms with E-state index in [4.69, 9.17) is 9.40 Å². The van der Waals surface area contributed by atoms with Gasteiger partial charge in [0.1, 0.15) is 5.76 Å². The molecule has 0 atom stereocenters. The maximum Gasteiger partial charge on any atom is 0.260 e. The fourth-order valence-electron chi connectivity index (χ4n) is 3.15. The highest BCUT2D eigenvalue weighted by Crippen LogP contribution is 2.34. The summed E-state index contributed by atoms with van der Waals surface area (Å²) in [5.41, 5.74) is 4.18. The summed E-state index contributed by atoms with van der Waals surface area (Å²) >= 11 is 1.50. The SMILES string of the molecule is CC(=O)c1ccc(C(=O)N(Cc2ccco2)c2nc3c(C)ccc(C)c3s2)cc1. The topological polar surface area (TPSA) is 63.4 Å². The number of furan rings is 1. The fraction of sp³-hybridized carbons (Fsp3) is 0.174. The molecule has 4 aromatic rings. The van der Waals surface area contributed by atoms with Gasteiger partial charge in [-0.1, -0.05) is 35.6 Å². The van der Waals surface area contributed by atoms with Gasteiger partial charge in [0, 0.05) is 11.1 Å². The van der Waals surface area contributed by atoms with Crippen LogP contribution in [0.5, 0.6) is 0 Å². The number of carbonyl (C=O) groups is 2. The van der Waals surface area contributed by atoms with Crippen LogP contribution in [0, 0.1) is 13.8 Å². The van der Waals surface area contributed by atoms with Crippen molar-refractivity contribution in [2.75, 3.05) is 4.90 Å². The zero-order valence-electron chi connectivity index (χ0n) is 16.4. The zero-order chi connectivity index (χ0) is 20.5. The van der Waals surface area contributed by atoms with E-state index in [0.29, 0.717) is 22.0 Å². The molecule has 0 aliphatic rings. The second-order valence-corrected chi connectivity index (χ2v) is 7.96. The van der Waals surface area contributed by atoms with Gasteiger partial charge in [-0.25, -0.2) is 4.98 Å². The van der Waals surface area contributed by atoms with Gasteiger partial charge in [-0.15, -0.1) is 0 Å². The van der Waals surface area contributed by atoms with E-state index in [1.807, 2.05) is 26.0 Å². The van der Waals surface area contributed by atoms with Gasteiger partial charge in [-0.2, -0.15) is 0 Å². The van der Waals surface area contributed by atoms with Gasteiger partial charge >= 0.3 is 0 Å². The van der Waals surface area contributed by atoms with Crippen molar-refractivity contribution in [3.05, 3.63) is 82.8 Å². The Kier molecular flexibility index (Phi) is 5.03. The van der Waals surface area contributed by atoms with Crippen molar-refractivity contribution in [1.82, 2.24) is 4.98 Å². The van der Waals surface area contributed by atoms with E-state index >= 15 is 0 Å². The highest BCUT2D eigenvalue weighted by molar-refractivity contribution is 7.22. The van der Waals surface area contributed by atoms with E-state index in [9.17, 15) is 9.59 Å². The largest absolute Gasteiger partial charge is 0.467 e. The van der Waals surface area contributed by atoms with Crippen LogP contribution in [0.2, 0.25) is 0 Å². The standard InChI is InChI=1S/C23H20N2O3S/c1-14-6-7-15(2)21-20(14)24-23(29-21)25(13-19-5-4-12-28-19)22(27)18-10-8-17(9-11-18)16(3)26/h4-12H,13H2,1-3H3. The van der Waals surface area contributed by atoms with E-state index in [1.54, 1.807) is 41.5 Å². The number of carbonyl (C=O) groups excluding carboxylic acids is 2. The summed E-state index contributed by atoms with van der Waals surface area (Å²) in [7, 11) is 0. The van der Waals surface area contributed by atoms with Crippen LogP contribution < -0.4 is 4.90 Å². The number of Topliss-reactive ketones (excluding diaryl/α,β-unsaturated/α-hetero) is 1. The summed E-state index contributed by atoms with van der Waals surface area (Å²) in [6.45, 7) is 5.84. The number of hydrogen-bond acceptors (Lipinski definition) is 5. The summed E-state index contributed by atoms with van der Waals surface area (Å²) in [5.74, 6) is 0.450. The minimum atomic E-state index is -0.189. The minimum Gasteiger partial charge on any atom is -0.467 e. The van der Waals surface area contributed by atoms with Gasteiger partial charge in [-0.3, -0.25) is 14.5 Å². The average molecular weight is 404 g/mol. The molecular weight excluding hydrogens is 384 g/mol. The number of anilines is 1. The molecule has 2 aromatic heterocycles. The van der Waals surface area contributed by atoms with E-state index in [2.05, 4.69) is 6.07 Å². The van der Waals surface area contributed by atoms with E-state index in [0.717, 1.165) is 21.3 Å². The minimum absolute atomic E-state index is 0.0337. The number of rotatable bonds is 5. The number of benzene rings is 2. The van der Waals surface area contributed by atoms with Crippen LogP contribution in [0.1, 0.15) is 44.5 Å². The molecule has 0 saturated carbocycles. The first-order valence-electron chi connectivity index (χ1n) is 9.26. The molecule has 5 nitrogen and oxygen atoms in total. The molecule has 1 amide bonds. The summed E-state index contributed by atoms with van der Waals surface area (Å²) in [6, 6.07) is 14.4. The molecule has 0 aliphatic carbocycles. The first-order chi connectivity index (χ1) is 13.9. The van der Waals surface area contributed by atoms with Gasteiger partial charge in [0.15, 0.2) is 10.9 Å². The molecule has 0 bridgehead atoms. The Bertz CT molecular complexity index is 1150. The Labute approximate surface area is 172 Å². The third-order valence-electron chi connectivity index (χ3n) is 4.84. The Balaban J connectivity index is 1.77. The van der Waals surface area contributed by atoms with Crippen molar-refractivity contribution in [3.8, 4) is 0 Å². The van der Waals surface area contributed by atoms with Crippen molar-refractivity contribution in [3.63, 3.8) is 0 Å². The Morgan fingerprint density at radius 3 is 2.31 bits per heavy atom. The highest BCUT2D eigenvalue weighted by Gasteiger charge is 2.23. The Morgan fingerprint density at radius 1 is 1.00 bits per heavy atom. The Morgan fingerprint density at radius 2 is 1.69 bits per heavy atom. The number of aromatic nitrogens is 1. The number of aryl methyl sites for hydroxylation is 2. The molecule has 0 aliphatic heterocycles. The normalized spacial score (nSPS) is 11.0. The molecule has 2 heterocycles. The van der Waals surface area contributed by atoms with Crippen LogP contribution >= 0.6 is 11.3 Å². The molecular formula is C23H20N2O3S. The summed E-state index contributed by atoms with van der Waals surface area (Å²) < 4.78 is 6.56. The average Bonchev–Trinajstić information content (AvgIpc) is 3.39. The van der Waals surface area contributed by atoms with Crippen molar-refractivity contribution in [1.29, 1.82) is 0 Å². The molecule has 0 fully saturated rings. The molecule has 6 heteroatoms. The number of fused-ring (bicyclic) bond motifs is 1. The lowest BCUT2D eigenvalue weighted by Gasteiger charge is -2.19. The van der Waals surface area contributed by atoms with Crippen LogP contribution in [0.3, 0.4) is 0 Å². The Hall–Kier alpha value is -3.25. The molecule has 2 aromatic carbocycles. The van der Waals surface area contributed by atoms with Crippen LogP contribution in [-0.4, -0.2) is 16.7 Å². The smallest absolute Gasteiger partial charge is 0.260 e. The van der Waals surface area contributed by atoms with E-state index in [-0.39, 0.29) is 18.2 Å². The van der Waals surface area contributed by atoms with Gasteiger partial charge in [-0.05, 0) is 56.2 Å². The first-order valence-corrected chi connectivity index (χ1v) is 10.1. The molecule has 0 N–H and O–H groups in total. The summed E-state index contributed by atoms with van der Waals surface area (Å²) in [6.07, 6.45) is 1.59. The third-order valence-corrected chi connectivity index (χ3v) is 6.05. The van der Waals surface area contributed by atoms with Crippen LogP contribution in [-0.2, 0) is 6.54 Å². The molecule has 146 valence electrons. The fourth-order valence-corrected chi connectivity index (χ4v) is 4.26. The number of amides is 1. The van der Waals surface area contributed by atoms with Crippen LogP contribution in [0.15, 0.2) is 59.2 Å². The number of nitrogens with zero attached hydrogens (tertiary/aromatic N) is 2. The van der Waals surface area contributed by atoms with Crippen molar-refractivity contribution < 1.29 is 14.0 Å². The van der Waals surface area contributed by atoms with E-state index in [1.165, 1.54) is 18.3 Å². The van der Waals surface area contributed by atoms with E-state index < -0.39 is 0 Å². The monoisotopic (exact) mass is 404 g/mol. The second kappa shape index (κ2) is 7.64. The summed E-state index contributed by atoms with van der Waals surface area (Å²) in [4.78, 5) is 31.3. The van der Waals surface area contributed by atoms with Gasteiger partial charge < -0.3 is 4.42 Å². The lowest BCUT2D eigenvalue weighted by molar-refractivity contribution is 0.0979. The first kappa shape index (κ1) is 19.1. The lowest BCUT2D eigenvalue weighted by atomic mass is 10.1. The number of thiazole rings is 1. The quantitative estimate of drug-likeness (QED) is 0.409. The molecule has 4 rings (SSSR count). The lowest BCUT2D eigenvalue weighted by Crippen LogP contribution is -2.30. The third kappa shape index (κ3) is 3.71. The number of hydrogen-bond donors (Lipinski definition) is 0. The predicted molar refractivity (Wildman–Crippen MR) is 115 cm³/mol. The van der Waals surface area contributed by atoms with Crippen LogP contribution in [0.25, 0.3) is 10.2 Å². The molecule has 0 saturated heterocycles. The highest BCUT2D eigenvalue weighted by atomic mass is 32.1. The summed E-state index contributed by atoms with van der Waals surface area (Å²) in [5, 5.41) is 0.620. The second-order valence-electron chi connectivity index (χ2n) is 6.98. The number of ketones is 1. The molecule has 0 unspecified atom stereocenters. The maximum atomic E-state index is 13.4. The zero-order valence-corrected chi connectivity index (χ0v) is 17.2. The van der Waals surface area contributed by atoms with Crippen LogP contribution in [0.4, 0.5) is 5.13 Å². The molecule has 0 spiro atoms. The molecule has 0 radical (unpaired) electrons. The predicted octanol–water partition coefficient (Wildman–Crippen LogP) is 5.56. The van der Waals surface area contributed by atoms with Gasteiger partial charge in [0.2, 0.25) is 0 Å². The van der Waals surface area contributed by atoms with Gasteiger partial charge in [0.25, 0.3) is 5.91 Å².